The number of fused-ring (bicyclic) bond motifs is 1. The fourth-order valence-corrected chi connectivity index (χ4v) is 1.27. The third-order valence-electron chi connectivity index (χ3n) is 1.49. The van der Waals surface area contributed by atoms with E-state index in [9.17, 15) is 0 Å². The van der Waals surface area contributed by atoms with Crippen LogP contribution in [0.3, 0.4) is 0 Å². The predicted octanol–water partition coefficient (Wildman–Crippen LogP) is 1.26. The van der Waals surface area contributed by atoms with Crippen LogP contribution in [0.4, 0.5) is 0 Å². The van der Waals surface area contributed by atoms with E-state index in [1.807, 2.05) is 18.2 Å². The number of thiol groups is 1. The number of aromatic nitrogens is 3. The van der Waals surface area contributed by atoms with Gasteiger partial charge in [-0.15, -0.1) is 12.6 Å². The largest absolute Gasteiger partial charge is 0.187 e. The van der Waals surface area contributed by atoms with E-state index < -0.39 is 0 Å². The molecule has 0 spiro atoms. The summed E-state index contributed by atoms with van der Waals surface area (Å²) in [6, 6.07) is 5.74. The van der Waals surface area contributed by atoms with Crippen molar-refractivity contribution in [3.05, 3.63) is 18.2 Å². The first kappa shape index (κ1) is 6.67. The van der Waals surface area contributed by atoms with Gasteiger partial charge in [0.2, 0.25) is 0 Å². The lowest BCUT2D eigenvalue weighted by Crippen LogP contribution is -1.90. The van der Waals surface area contributed by atoms with E-state index in [4.69, 9.17) is 0 Å². The third-order valence-corrected chi connectivity index (χ3v) is 1.85. The molecule has 0 saturated carbocycles. The van der Waals surface area contributed by atoms with E-state index in [1.165, 1.54) is 0 Å². The number of hydrogen-bond acceptors (Lipinski definition) is 3. The second-order valence-electron chi connectivity index (χ2n) is 2.33. The van der Waals surface area contributed by atoms with Crippen molar-refractivity contribution in [1.29, 1.82) is 0 Å². The van der Waals surface area contributed by atoms with Crippen molar-refractivity contribution in [3.8, 4) is 0 Å². The standard InChI is InChI=1S/C7H7N3S/c1-10-8-5-3-2-4-6(11)7(5)9-10/h2-4,11H,1H3. The molecule has 0 atom stereocenters. The molecule has 1 aromatic carbocycles. The normalized spacial score (nSPS) is 10.7. The van der Waals surface area contributed by atoms with Crippen LogP contribution in [0.25, 0.3) is 11.0 Å². The third kappa shape index (κ3) is 0.991. The van der Waals surface area contributed by atoms with Gasteiger partial charge in [-0.3, -0.25) is 0 Å². The van der Waals surface area contributed by atoms with Gasteiger partial charge in [-0.1, -0.05) is 6.07 Å². The summed E-state index contributed by atoms with van der Waals surface area (Å²) in [7, 11) is 1.80. The summed E-state index contributed by atoms with van der Waals surface area (Å²) in [6.07, 6.45) is 0. The molecule has 0 radical (unpaired) electrons. The molecule has 2 aromatic rings. The number of aryl methyl sites for hydroxylation is 1. The molecular weight excluding hydrogens is 158 g/mol. The summed E-state index contributed by atoms with van der Waals surface area (Å²) in [5.74, 6) is 0. The molecule has 0 fully saturated rings. The maximum atomic E-state index is 4.25. The van der Waals surface area contributed by atoms with E-state index >= 15 is 0 Å². The van der Waals surface area contributed by atoms with E-state index in [0.29, 0.717) is 0 Å². The van der Waals surface area contributed by atoms with Crippen LogP contribution in [0, 0.1) is 0 Å². The smallest absolute Gasteiger partial charge is 0.126 e. The van der Waals surface area contributed by atoms with Crippen molar-refractivity contribution in [3.63, 3.8) is 0 Å². The van der Waals surface area contributed by atoms with Crippen LogP contribution in [0.15, 0.2) is 23.1 Å². The monoisotopic (exact) mass is 165 g/mol. The van der Waals surface area contributed by atoms with Crippen LogP contribution < -0.4 is 0 Å². The minimum absolute atomic E-state index is 0.860. The first-order valence-electron chi connectivity index (χ1n) is 3.26. The summed E-state index contributed by atoms with van der Waals surface area (Å²) in [5.41, 5.74) is 1.75. The van der Waals surface area contributed by atoms with Gasteiger partial charge >= 0.3 is 0 Å². The summed E-state index contributed by atoms with van der Waals surface area (Å²) in [4.78, 5) is 2.42. The van der Waals surface area contributed by atoms with Crippen LogP contribution in [0.5, 0.6) is 0 Å². The quantitative estimate of drug-likeness (QED) is 0.596. The molecular formula is C7H7N3S. The lowest BCUT2D eigenvalue weighted by molar-refractivity contribution is 0.664. The van der Waals surface area contributed by atoms with Crippen LogP contribution in [0.1, 0.15) is 0 Å². The fraction of sp³-hybridized carbons (Fsp3) is 0.143. The van der Waals surface area contributed by atoms with Crippen LogP contribution in [-0.4, -0.2) is 15.0 Å². The van der Waals surface area contributed by atoms with Crippen molar-refractivity contribution >= 4 is 23.7 Å². The molecule has 0 aliphatic carbocycles. The Hall–Kier alpha value is -1.03. The molecule has 0 amide bonds. The molecule has 0 aliphatic rings. The molecule has 2 rings (SSSR count). The van der Waals surface area contributed by atoms with Crippen LogP contribution >= 0.6 is 12.6 Å². The van der Waals surface area contributed by atoms with Crippen LogP contribution in [-0.2, 0) is 7.05 Å². The molecule has 11 heavy (non-hydrogen) atoms. The minimum atomic E-state index is 0.860. The van der Waals surface area contributed by atoms with Gasteiger partial charge < -0.3 is 0 Å². The molecule has 3 nitrogen and oxygen atoms in total. The van der Waals surface area contributed by atoms with Crippen molar-refractivity contribution < 1.29 is 0 Å². The maximum absolute atomic E-state index is 4.25. The zero-order valence-corrected chi connectivity index (χ0v) is 6.92. The topological polar surface area (TPSA) is 30.7 Å². The number of nitrogens with zero attached hydrogens (tertiary/aromatic N) is 3. The lowest BCUT2D eigenvalue weighted by atomic mass is 10.3. The summed E-state index contributed by atoms with van der Waals surface area (Å²) in [6.45, 7) is 0. The molecule has 0 aliphatic heterocycles. The average Bonchev–Trinajstić information content (AvgIpc) is 2.31. The summed E-state index contributed by atoms with van der Waals surface area (Å²) in [5, 5.41) is 8.27. The first-order chi connectivity index (χ1) is 5.27. The number of benzene rings is 1. The van der Waals surface area contributed by atoms with Gasteiger partial charge in [-0.2, -0.15) is 15.0 Å². The minimum Gasteiger partial charge on any atom is -0.187 e. The SMILES string of the molecule is Cn1nc2cccc(S)c2n1. The Morgan fingerprint density at radius 3 is 2.91 bits per heavy atom. The number of hydrogen-bond donors (Lipinski definition) is 1. The Morgan fingerprint density at radius 1 is 1.36 bits per heavy atom. The predicted molar refractivity (Wildman–Crippen MR) is 45.8 cm³/mol. The van der Waals surface area contributed by atoms with Crippen molar-refractivity contribution in [1.82, 2.24) is 15.0 Å². The Balaban J connectivity index is 2.90. The van der Waals surface area contributed by atoms with Crippen molar-refractivity contribution in [2.75, 3.05) is 0 Å². The molecule has 56 valence electrons. The lowest BCUT2D eigenvalue weighted by Gasteiger charge is -1.87. The molecule has 1 aromatic heterocycles. The Labute approximate surface area is 69.4 Å². The Bertz CT molecular complexity index is 393. The van der Waals surface area contributed by atoms with E-state index in [0.717, 1.165) is 15.9 Å². The summed E-state index contributed by atoms with van der Waals surface area (Å²) >= 11 is 4.25. The Kier molecular flexibility index (Phi) is 1.35. The zero-order chi connectivity index (χ0) is 7.84. The van der Waals surface area contributed by atoms with Gasteiger partial charge in [-0.25, -0.2) is 0 Å². The second-order valence-corrected chi connectivity index (χ2v) is 2.82. The molecule has 4 heteroatoms. The van der Waals surface area contributed by atoms with Crippen LogP contribution in [0.2, 0.25) is 0 Å². The van der Waals surface area contributed by atoms with Gasteiger partial charge in [0.1, 0.15) is 11.0 Å². The van der Waals surface area contributed by atoms with Gasteiger partial charge in [0.15, 0.2) is 0 Å². The van der Waals surface area contributed by atoms with E-state index in [2.05, 4.69) is 22.8 Å². The highest BCUT2D eigenvalue weighted by atomic mass is 32.1. The van der Waals surface area contributed by atoms with Gasteiger partial charge in [0.05, 0.1) is 0 Å². The second kappa shape index (κ2) is 2.23. The molecule has 0 bridgehead atoms. The highest BCUT2D eigenvalue weighted by Gasteiger charge is 2.01. The van der Waals surface area contributed by atoms with Crippen molar-refractivity contribution in [2.24, 2.45) is 7.05 Å². The summed E-state index contributed by atoms with van der Waals surface area (Å²) < 4.78 is 0. The van der Waals surface area contributed by atoms with E-state index in [-0.39, 0.29) is 0 Å². The highest BCUT2D eigenvalue weighted by molar-refractivity contribution is 7.80. The van der Waals surface area contributed by atoms with Gasteiger partial charge in [-0.05, 0) is 12.1 Å². The van der Waals surface area contributed by atoms with Crippen molar-refractivity contribution in [2.45, 2.75) is 4.90 Å². The van der Waals surface area contributed by atoms with Gasteiger partial charge in [0, 0.05) is 11.9 Å². The molecule has 0 N–H and O–H groups in total. The number of rotatable bonds is 0. The van der Waals surface area contributed by atoms with Gasteiger partial charge in [0.25, 0.3) is 0 Å². The Morgan fingerprint density at radius 2 is 2.18 bits per heavy atom. The molecule has 0 saturated heterocycles. The maximum Gasteiger partial charge on any atom is 0.126 e. The molecule has 1 heterocycles. The zero-order valence-electron chi connectivity index (χ0n) is 6.02. The molecule has 0 unspecified atom stereocenters. The average molecular weight is 165 g/mol. The van der Waals surface area contributed by atoms with E-state index in [1.54, 1.807) is 11.8 Å². The first-order valence-corrected chi connectivity index (χ1v) is 3.71. The fourth-order valence-electron chi connectivity index (χ4n) is 1.03. The highest BCUT2D eigenvalue weighted by Crippen LogP contribution is 2.16.